The molecule has 0 unspecified atom stereocenters. The monoisotopic (exact) mass is 428 g/mol. The van der Waals surface area contributed by atoms with E-state index in [1.165, 1.54) is 5.56 Å². The number of carbonyl (C=O) groups excluding carboxylic acids is 1. The van der Waals surface area contributed by atoms with Crippen molar-refractivity contribution in [2.45, 2.75) is 31.7 Å². The summed E-state index contributed by atoms with van der Waals surface area (Å²) in [5.74, 6) is -2.90. The molecule has 2 heterocycles. The van der Waals surface area contributed by atoms with Crippen LogP contribution in [0.2, 0.25) is 0 Å². The number of hydrogen-bond acceptors (Lipinski definition) is 2. The molecule has 2 aromatic rings. The van der Waals surface area contributed by atoms with Gasteiger partial charge in [0.2, 0.25) is 5.91 Å². The fraction of sp³-hybridized carbons (Fsp3) is 0.400. The van der Waals surface area contributed by atoms with Crippen molar-refractivity contribution in [1.29, 1.82) is 0 Å². The van der Waals surface area contributed by atoms with E-state index in [-0.39, 0.29) is 23.9 Å². The first kappa shape index (κ1) is 21.6. The normalized spacial score (nSPS) is 22.0. The number of nitrogens with zero attached hydrogens (tertiary/aromatic N) is 2. The Morgan fingerprint density at radius 3 is 2.52 bits per heavy atom. The summed E-state index contributed by atoms with van der Waals surface area (Å²) in [5.41, 5.74) is 0.823. The van der Waals surface area contributed by atoms with Crippen molar-refractivity contribution in [3.8, 4) is 0 Å². The predicted octanol–water partition coefficient (Wildman–Crippen LogP) is 4.67. The molecule has 2 saturated heterocycles. The van der Waals surface area contributed by atoms with Crippen molar-refractivity contribution in [3.63, 3.8) is 0 Å². The van der Waals surface area contributed by atoms with Crippen LogP contribution in [-0.2, 0) is 11.2 Å². The lowest BCUT2D eigenvalue weighted by molar-refractivity contribution is -0.137. The first-order valence-electron chi connectivity index (χ1n) is 10.9. The summed E-state index contributed by atoms with van der Waals surface area (Å²) >= 11 is 0. The first-order chi connectivity index (χ1) is 15.0. The van der Waals surface area contributed by atoms with Crippen LogP contribution in [0.4, 0.5) is 13.2 Å². The number of benzene rings is 2. The van der Waals surface area contributed by atoms with Gasteiger partial charge in [0.1, 0.15) is 17.5 Å². The van der Waals surface area contributed by atoms with Crippen molar-refractivity contribution in [3.05, 3.63) is 77.1 Å². The van der Waals surface area contributed by atoms with E-state index in [9.17, 15) is 18.0 Å². The number of fused-ring (bicyclic) bond motifs is 1. The maximum absolute atomic E-state index is 14.0. The van der Waals surface area contributed by atoms with Crippen LogP contribution in [0.5, 0.6) is 0 Å². The Morgan fingerprint density at radius 1 is 1.03 bits per heavy atom. The summed E-state index contributed by atoms with van der Waals surface area (Å²) in [6, 6.07) is 11.5. The minimum Gasteiger partial charge on any atom is -0.339 e. The quantitative estimate of drug-likeness (QED) is 0.691. The molecule has 164 valence electrons. The zero-order valence-electron chi connectivity index (χ0n) is 17.4. The second kappa shape index (κ2) is 9.69. The van der Waals surface area contributed by atoms with Gasteiger partial charge < -0.3 is 4.90 Å². The minimum absolute atomic E-state index is 0.0992. The van der Waals surface area contributed by atoms with Gasteiger partial charge in [-0.2, -0.15) is 0 Å². The molecule has 0 N–H and O–H groups in total. The highest BCUT2D eigenvalue weighted by Crippen LogP contribution is 2.31. The topological polar surface area (TPSA) is 23.6 Å². The molecule has 0 radical (unpaired) electrons. The third kappa shape index (κ3) is 5.18. The Bertz CT molecular complexity index is 924. The molecule has 0 bridgehead atoms. The summed E-state index contributed by atoms with van der Waals surface area (Å²) in [5, 5.41) is 0. The fourth-order valence-corrected chi connectivity index (χ4v) is 4.85. The number of hydrogen-bond donors (Lipinski definition) is 0. The zero-order chi connectivity index (χ0) is 21.8. The highest BCUT2D eigenvalue weighted by atomic mass is 19.1. The smallest absolute Gasteiger partial charge is 0.227 e. The number of rotatable bonds is 5. The van der Waals surface area contributed by atoms with Crippen LogP contribution in [0, 0.1) is 23.4 Å². The predicted molar refractivity (Wildman–Crippen MR) is 115 cm³/mol. The van der Waals surface area contributed by atoms with E-state index in [0.717, 1.165) is 38.9 Å². The summed E-state index contributed by atoms with van der Waals surface area (Å²) in [6.07, 6.45) is 6.70. The maximum Gasteiger partial charge on any atom is 0.227 e. The van der Waals surface area contributed by atoms with Gasteiger partial charge in [-0.25, -0.2) is 13.2 Å². The highest BCUT2D eigenvalue weighted by molar-refractivity contribution is 5.79. The first-order valence-corrected chi connectivity index (χ1v) is 10.9. The van der Waals surface area contributed by atoms with Crippen molar-refractivity contribution < 1.29 is 18.0 Å². The molecule has 31 heavy (non-hydrogen) atoms. The molecule has 2 aliphatic rings. The van der Waals surface area contributed by atoms with Crippen molar-refractivity contribution in [2.75, 3.05) is 26.2 Å². The molecular formula is C25H27F3N2O. The Balaban J connectivity index is 1.36. The van der Waals surface area contributed by atoms with Crippen LogP contribution in [0.15, 0.2) is 48.5 Å². The number of amides is 1. The maximum atomic E-state index is 14.0. The number of piperidine rings is 2. The molecular weight excluding hydrogens is 401 g/mol. The highest BCUT2D eigenvalue weighted by Gasteiger charge is 2.38. The molecule has 2 aliphatic heterocycles. The van der Waals surface area contributed by atoms with Gasteiger partial charge in [-0.15, -0.1) is 0 Å². The van der Waals surface area contributed by atoms with Crippen molar-refractivity contribution in [2.24, 2.45) is 5.92 Å². The van der Waals surface area contributed by atoms with Crippen LogP contribution in [0.3, 0.4) is 0 Å². The van der Waals surface area contributed by atoms with Gasteiger partial charge in [-0.1, -0.05) is 42.5 Å². The van der Waals surface area contributed by atoms with Crippen LogP contribution in [-0.4, -0.2) is 47.9 Å². The Hall–Kier alpha value is -2.60. The second-order valence-corrected chi connectivity index (χ2v) is 8.44. The molecule has 0 saturated carbocycles. The van der Waals surface area contributed by atoms with Gasteiger partial charge in [0.05, 0.1) is 6.42 Å². The Kier molecular flexibility index (Phi) is 6.76. The molecule has 2 fully saturated rings. The lowest BCUT2D eigenvalue weighted by atomic mass is 9.83. The Morgan fingerprint density at radius 2 is 1.77 bits per heavy atom. The summed E-state index contributed by atoms with van der Waals surface area (Å²) in [6.45, 7) is 3.26. The van der Waals surface area contributed by atoms with E-state index in [1.807, 2.05) is 18.2 Å². The van der Waals surface area contributed by atoms with Crippen LogP contribution >= 0.6 is 0 Å². The average Bonchev–Trinajstić information content (AvgIpc) is 2.76. The number of carbonyl (C=O) groups is 1. The summed E-state index contributed by atoms with van der Waals surface area (Å²) in [4.78, 5) is 17.1. The second-order valence-electron chi connectivity index (χ2n) is 8.44. The third-order valence-electron chi connectivity index (χ3n) is 6.38. The molecule has 0 aliphatic carbocycles. The lowest BCUT2D eigenvalue weighted by Gasteiger charge is -2.47. The molecule has 0 aromatic heterocycles. The van der Waals surface area contributed by atoms with E-state index < -0.39 is 17.5 Å². The Labute approximate surface area is 181 Å². The fourth-order valence-electron chi connectivity index (χ4n) is 4.85. The van der Waals surface area contributed by atoms with Gasteiger partial charge in [0.15, 0.2) is 0 Å². The molecule has 4 rings (SSSR count). The standard InChI is InChI=1S/C25H27F3N2O/c26-20-14-22(27)21(23(28)15-20)16-25(31)30-12-5-9-19-17-29(13-10-24(19)30)11-4-8-18-6-2-1-3-7-18/h1-4,6-8,14-15,19,24H,5,9-13,16-17H2/t19-,24-/m1/s1. The van der Waals surface area contributed by atoms with Crippen molar-refractivity contribution >= 4 is 12.0 Å². The zero-order valence-corrected chi connectivity index (χ0v) is 17.4. The summed E-state index contributed by atoms with van der Waals surface area (Å²) in [7, 11) is 0. The molecule has 3 nitrogen and oxygen atoms in total. The number of likely N-dealkylation sites (tertiary alicyclic amines) is 2. The van der Waals surface area contributed by atoms with Crippen LogP contribution in [0.1, 0.15) is 30.4 Å². The summed E-state index contributed by atoms with van der Waals surface area (Å²) < 4.78 is 41.2. The molecule has 0 spiro atoms. The van der Waals surface area contributed by atoms with Gasteiger partial charge in [0.25, 0.3) is 0 Å². The molecule has 6 heteroatoms. The van der Waals surface area contributed by atoms with Gasteiger partial charge in [-0.3, -0.25) is 9.69 Å². The third-order valence-corrected chi connectivity index (χ3v) is 6.38. The van der Waals surface area contributed by atoms with Gasteiger partial charge in [0, 0.05) is 49.9 Å². The van der Waals surface area contributed by atoms with Gasteiger partial charge in [-0.05, 0) is 30.7 Å². The average molecular weight is 428 g/mol. The van der Waals surface area contributed by atoms with E-state index in [1.54, 1.807) is 4.90 Å². The van der Waals surface area contributed by atoms with E-state index >= 15 is 0 Å². The largest absolute Gasteiger partial charge is 0.339 e. The minimum atomic E-state index is -1.00. The molecule has 2 atom stereocenters. The van der Waals surface area contributed by atoms with Crippen LogP contribution < -0.4 is 0 Å². The molecule has 1 amide bonds. The van der Waals surface area contributed by atoms with E-state index in [4.69, 9.17) is 0 Å². The van der Waals surface area contributed by atoms with Crippen molar-refractivity contribution in [1.82, 2.24) is 9.80 Å². The molecule has 2 aromatic carbocycles. The lowest BCUT2D eigenvalue weighted by Crippen LogP contribution is -2.56. The van der Waals surface area contributed by atoms with Gasteiger partial charge >= 0.3 is 0 Å². The van der Waals surface area contributed by atoms with Crippen LogP contribution in [0.25, 0.3) is 6.08 Å². The SMILES string of the molecule is O=C(Cc1c(F)cc(F)cc1F)N1CCC[C@@H]2CN(CC=Cc3ccccc3)CC[C@H]21. The van der Waals surface area contributed by atoms with E-state index in [0.29, 0.717) is 24.6 Å². The number of halogens is 3. The van der Waals surface area contributed by atoms with E-state index in [2.05, 4.69) is 29.2 Å².